The summed E-state index contributed by atoms with van der Waals surface area (Å²) in [6.07, 6.45) is 1.04. The minimum atomic E-state index is 0.212. The lowest BCUT2D eigenvalue weighted by Crippen LogP contribution is -2.50. The van der Waals surface area contributed by atoms with Crippen molar-refractivity contribution in [1.29, 1.82) is 0 Å². The number of nitrogens with one attached hydrogen (secondary N) is 1. The molecule has 5 nitrogen and oxygen atoms in total. The van der Waals surface area contributed by atoms with Crippen LogP contribution in [0.25, 0.3) is 0 Å². The van der Waals surface area contributed by atoms with Crippen LogP contribution in [-0.2, 0) is 13.1 Å². The van der Waals surface area contributed by atoms with Crippen molar-refractivity contribution in [3.8, 4) is 11.5 Å². The fourth-order valence-electron chi connectivity index (χ4n) is 3.99. The standard InChI is InChI=1S/C22H28N2O3/c25-16-19-15-24(14-17-4-2-1-3-5-17)9-8-20(19)23-13-18-6-7-21-22(12-18)27-11-10-26-21/h1-7,12,19-20,23,25H,8-11,13-16H2. The maximum Gasteiger partial charge on any atom is 0.161 e. The summed E-state index contributed by atoms with van der Waals surface area (Å²) in [6.45, 7) is 5.13. The lowest BCUT2D eigenvalue weighted by molar-refractivity contribution is 0.0849. The Balaban J connectivity index is 1.31. The van der Waals surface area contributed by atoms with E-state index in [4.69, 9.17) is 9.47 Å². The minimum absolute atomic E-state index is 0.212. The maximum absolute atomic E-state index is 9.90. The second-order valence-corrected chi connectivity index (χ2v) is 7.42. The summed E-state index contributed by atoms with van der Waals surface area (Å²) in [5, 5.41) is 13.5. The molecule has 144 valence electrons. The molecule has 0 aliphatic carbocycles. The van der Waals surface area contributed by atoms with Gasteiger partial charge in [0.1, 0.15) is 13.2 Å². The number of likely N-dealkylation sites (tertiary alicyclic amines) is 1. The van der Waals surface area contributed by atoms with E-state index in [0.29, 0.717) is 19.3 Å². The van der Waals surface area contributed by atoms with Gasteiger partial charge in [-0.1, -0.05) is 36.4 Å². The number of aliphatic hydroxyl groups is 1. The van der Waals surface area contributed by atoms with Crippen LogP contribution in [0, 0.1) is 5.92 Å². The lowest BCUT2D eigenvalue weighted by Gasteiger charge is -2.38. The van der Waals surface area contributed by atoms with Crippen molar-refractivity contribution in [1.82, 2.24) is 10.2 Å². The SMILES string of the molecule is OCC1CN(Cc2ccccc2)CCC1NCc1ccc2c(c1)OCCO2. The van der Waals surface area contributed by atoms with E-state index in [1.807, 2.05) is 12.1 Å². The number of piperidine rings is 1. The number of ether oxygens (including phenoxy) is 2. The molecule has 1 saturated heterocycles. The van der Waals surface area contributed by atoms with E-state index >= 15 is 0 Å². The molecule has 2 aliphatic rings. The molecule has 0 saturated carbocycles. The minimum Gasteiger partial charge on any atom is -0.486 e. The van der Waals surface area contributed by atoms with Gasteiger partial charge >= 0.3 is 0 Å². The van der Waals surface area contributed by atoms with Crippen LogP contribution in [-0.4, -0.2) is 49.0 Å². The van der Waals surface area contributed by atoms with E-state index in [1.165, 1.54) is 11.1 Å². The summed E-state index contributed by atoms with van der Waals surface area (Å²) in [5.41, 5.74) is 2.51. The first-order valence-corrected chi connectivity index (χ1v) is 9.81. The van der Waals surface area contributed by atoms with Crippen LogP contribution in [0.1, 0.15) is 17.5 Å². The van der Waals surface area contributed by atoms with Crippen LogP contribution in [0.2, 0.25) is 0 Å². The van der Waals surface area contributed by atoms with E-state index in [-0.39, 0.29) is 12.5 Å². The second kappa shape index (κ2) is 8.74. The molecule has 1 fully saturated rings. The fraction of sp³-hybridized carbons (Fsp3) is 0.455. The molecule has 2 N–H and O–H groups in total. The zero-order chi connectivity index (χ0) is 18.5. The molecular weight excluding hydrogens is 340 g/mol. The third-order valence-electron chi connectivity index (χ3n) is 5.48. The molecule has 0 amide bonds. The Hall–Kier alpha value is -2.08. The summed E-state index contributed by atoms with van der Waals surface area (Å²) >= 11 is 0. The number of fused-ring (bicyclic) bond motifs is 1. The Morgan fingerprint density at radius 2 is 1.81 bits per heavy atom. The highest BCUT2D eigenvalue weighted by molar-refractivity contribution is 5.43. The van der Waals surface area contributed by atoms with Gasteiger partial charge in [0.2, 0.25) is 0 Å². The second-order valence-electron chi connectivity index (χ2n) is 7.42. The third-order valence-corrected chi connectivity index (χ3v) is 5.48. The van der Waals surface area contributed by atoms with Crippen LogP contribution in [0.5, 0.6) is 11.5 Å². The highest BCUT2D eigenvalue weighted by Gasteiger charge is 2.28. The third kappa shape index (κ3) is 4.61. The van der Waals surface area contributed by atoms with E-state index in [2.05, 4.69) is 46.6 Å². The van der Waals surface area contributed by atoms with Crippen molar-refractivity contribution in [3.05, 3.63) is 59.7 Å². The zero-order valence-electron chi connectivity index (χ0n) is 15.6. The Morgan fingerprint density at radius 3 is 2.63 bits per heavy atom. The molecule has 2 aliphatic heterocycles. The average molecular weight is 368 g/mol. The van der Waals surface area contributed by atoms with Gasteiger partial charge in [-0.25, -0.2) is 0 Å². The number of nitrogens with zero attached hydrogens (tertiary/aromatic N) is 1. The number of hydrogen-bond donors (Lipinski definition) is 2. The molecular formula is C22H28N2O3. The number of rotatable bonds is 6. The highest BCUT2D eigenvalue weighted by Crippen LogP contribution is 2.31. The topological polar surface area (TPSA) is 54.0 Å². The molecule has 4 rings (SSSR count). The van der Waals surface area contributed by atoms with Crippen molar-refractivity contribution in [2.75, 3.05) is 32.9 Å². The van der Waals surface area contributed by atoms with Crippen LogP contribution in [0.15, 0.2) is 48.5 Å². The quantitative estimate of drug-likeness (QED) is 0.820. The normalized spacial score (nSPS) is 22.6. The van der Waals surface area contributed by atoms with Gasteiger partial charge in [-0.15, -0.1) is 0 Å². The highest BCUT2D eigenvalue weighted by atomic mass is 16.6. The monoisotopic (exact) mass is 368 g/mol. The molecule has 0 aromatic heterocycles. The number of benzene rings is 2. The van der Waals surface area contributed by atoms with Gasteiger partial charge < -0.3 is 19.9 Å². The summed E-state index contributed by atoms with van der Waals surface area (Å²) in [7, 11) is 0. The summed E-state index contributed by atoms with van der Waals surface area (Å²) in [5.74, 6) is 1.91. The van der Waals surface area contributed by atoms with Crippen molar-refractivity contribution >= 4 is 0 Å². The van der Waals surface area contributed by atoms with E-state index < -0.39 is 0 Å². The van der Waals surface area contributed by atoms with Crippen molar-refractivity contribution in [2.24, 2.45) is 5.92 Å². The van der Waals surface area contributed by atoms with Gasteiger partial charge in [0, 0.05) is 38.2 Å². The molecule has 2 aromatic rings. The van der Waals surface area contributed by atoms with E-state index in [1.54, 1.807) is 0 Å². The van der Waals surface area contributed by atoms with Gasteiger partial charge in [-0.2, -0.15) is 0 Å². The van der Waals surface area contributed by atoms with E-state index in [0.717, 1.165) is 44.1 Å². The van der Waals surface area contributed by atoms with Crippen molar-refractivity contribution in [3.63, 3.8) is 0 Å². The predicted molar refractivity (Wildman–Crippen MR) is 105 cm³/mol. The average Bonchev–Trinajstić information content (AvgIpc) is 2.73. The first-order valence-electron chi connectivity index (χ1n) is 9.81. The summed E-state index contributed by atoms with van der Waals surface area (Å²) < 4.78 is 11.3. The van der Waals surface area contributed by atoms with Crippen LogP contribution < -0.4 is 14.8 Å². The zero-order valence-corrected chi connectivity index (χ0v) is 15.6. The van der Waals surface area contributed by atoms with Crippen molar-refractivity contribution in [2.45, 2.75) is 25.6 Å². The smallest absolute Gasteiger partial charge is 0.161 e. The van der Waals surface area contributed by atoms with Gasteiger partial charge in [-0.05, 0) is 36.2 Å². The fourth-order valence-corrected chi connectivity index (χ4v) is 3.99. The summed E-state index contributed by atoms with van der Waals surface area (Å²) in [6, 6.07) is 17.0. The Morgan fingerprint density at radius 1 is 1.00 bits per heavy atom. The van der Waals surface area contributed by atoms with Gasteiger partial charge in [-0.3, -0.25) is 4.90 Å². The Labute approximate surface area is 160 Å². The summed E-state index contributed by atoms with van der Waals surface area (Å²) in [4.78, 5) is 2.44. The molecule has 0 spiro atoms. The molecule has 2 unspecified atom stereocenters. The number of hydrogen-bond acceptors (Lipinski definition) is 5. The predicted octanol–water partition coefficient (Wildman–Crippen LogP) is 2.43. The number of aliphatic hydroxyl groups excluding tert-OH is 1. The first kappa shape index (κ1) is 18.3. The van der Waals surface area contributed by atoms with Crippen LogP contribution in [0.4, 0.5) is 0 Å². The van der Waals surface area contributed by atoms with Crippen molar-refractivity contribution < 1.29 is 14.6 Å². The van der Waals surface area contributed by atoms with Gasteiger partial charge in [0.25, 0.3) is 0 Å². The van der Waals surface area contributed by atoms with E-state index in [9.17, 15) is 5.11 Å². The first-order chi connectivity index (χ1) is 13.3. The van der Waals surface area contributed by atoms with Crippen LogP contribution >= 0.6 is 0 Å². The molecule has 0 bridgehead atoms. The molecule has 0 radical (unpaired) electrons. The molecule has 27 heavy (non-hydrogen) atoms. The lowest BCUT2D eigenvalue weighted by atomic mass is 9.92. The maximum atomic E-state index is 9.90. The van der Waals surface area contributed by atoms with Crippen LogP contribution in [0.3, 0.4) is 0 Å². The molecule has 5 heteroatoms. The Kier molecular flexibility index (Phi) is 5.92. The Bertz CT molecular complexity index is 738. The van der Waals surface area contributed by atoms with Gasteiger partial charge in [0.05, 0.1) is 0 Å². The van der Waals surface area contributed by atoms with Gasteiger partial charge in [0.15, 0.2) is 11.5 Å². The molecule has 2 aromatic carbocycles. The molecule has 2 heterocycles. The largest absolute Gasteiger partial charge is 0.486 e. The molecule has 2 atom stereocenters.